The lowest BCUT2D eigenvalue weighted by Gasteiger charge is -2.26. The molecule has 1 aliphatic heterocycles. The zero-order chi connectivity index (χ0) is 14.8. The van der Waals surface area contributed by atoms with Gasteiger partial charge >= 0.3 is 5.97 Å². The highest BCUT2D eigenvalue weighted by Crippen LogP contribution is 2.38. The first-order valence-corrected chi connectivity index (χ1v) is 6.90. The molecule has 0 amide bonds. The van der Waals surface area contributed by atoms with E-state index in [1.807, 2.05) is 37.3 Å². The third kappa shape index (κ3) is 2.56. The Morgan fingerprint density at radius 2 is 2.10 bits per heavy atom. The molecule has 0 spiro atoms. The van der Waals surface area contributed by atoms with Crippen LogP contribution in [-0.2, 0) is 15.1 Å². The fourth-order valence-corrected chi connectivity index (χ4v) is 2.54. The second kappa shape index (κ2) is 5.67. The van der Waals surface area contributed by atoms with Crippen molar-refractivity contribution < 1.29 is 14.6 Å². The van der Waals surface area contributed by atoms with Gasteiger partial charge in [-0.1, -0.05) is 30.3 Å². The van der Waals surface area contributed by atoms with Crippen LogP contribution in [0.4, 0.5) is 0 Å². The number of carbonyl (C=O) groups excluding carboxylic acids is 1. The van der Waals surface area contributed by atoms with Gasteiger partial charge in [0.05, 0.1) is 18.2 Å². The normalized spacial score (nSPS) is 27.9. The summed E-state index contributed by atoms with van der Waals surface area (Å²) in [6, 6.07) is 9.37. The number of hydrogen-bond donors (Lipinski definition) is 2. The number of benzene rings is 1. The van der Waals surface area contributed by atoms with Crippen LogP contribution in [0, 0.1) is 0 Å². The van der Waals surface area contributed by atoms with Crippen LogP contribution in [0.15, 0.2) is 41.6 Å². The van der Waals surface area contributed by atoms with Crippen molar-refractivity contribution in [2.45, 2.75) is 38.8 Å². The lowest BCUT2D eigenvalue weighted by Crippen LogP contribution is -2.37. The predicted octanol–water partition coefficient (Wildman–Crippen LogP) is 2.09. The molecule has 0 aliphatic carbocycles. The van der Waals surface area contributed by atoms with E-state index >= 15 is 0 Å². The molecule has 1 saturated heterocycles. The summed E-state index contributed by atoms with van der Waals surface area (Å²) in [7, 11) is 0. The van der Waals surface area contributed by atoms with Crippen molar-refractivity contribution >= 4 is 5.97 Å². The zero-order valence-electron chi connectivity index (χ0n) is 12.1. The first kappa shape index (κ1) is 14.6. The number of aliphatic hydroxyl groups is 1. The van der Waals surface area contributed by atoms with Crippen LogP contribution in [0.1, 0.15) is 32.8 Å². The third-order valence-corrected chi connectivity index (χ3v) is 3.86. The highest BCUT2D eigenvalue weighted by molar-refractivity contribution is 5.88. The summed E-state index contributed by atoms with van der Waals surface area (Å²) in [6.07, 6.45) is 0.392. The molecule has 1 fully saturated rings. The largest absolute Gasteiger partial charge is 0.463 e. The van der Waals surface area contributed by atoms with Crippen molar-refractivity contribution in [2.75, 3.05) is 6.61 Å². The summed E-state index contributed by atoms with van der Waals surface area (Å²) >= 11 is 0. The minimum absolute atomic E-state index is 0.163. The summed E-state index contributed by atoms with van der Waals surface area (Å²) in [5.41, 5.74) is 1.14. The fraction of sp³-hybridized carbons (Fsp3) is 0.438. The first-order chi connectivity index (χ1) is 9.49. The Labute approximate surface area is 119 Å². The van der Waals surface area contributed by atoms with Gasteiger partial charge in [0.25, 0.3) is 0 Å². The molecule has 1 aromatic rings. The molecule has 0 aromatic heterocycles. The van der Waals surface area contributed by atoms with Gasteiger partial charge in [-0.2, -0.15) is 0 Å². The van der Waals surface area contributed by atoms with Crippen LogP contribution in [-0.4, -0.2) is 23.7 Å². The van der Waals surface area contributed by atoms with Gasteiger partial charge < -0.3 is 15.2 Å². The minimum Gasteiger partial charge on any atom is -0.463 e. The van der Waals surface area contributed by atoms with Gasteiger partial charge in [0.1, 0.15) is 5.60 Å². The molecule has 4 heteroatoms. The summed E-state index contributed by atoms with van der Waals surface area (Å²) in [6.45, 7) is 5.77. The molecule has 0 bridgehead atoms. The van der Waals surface area contributed by atoms with E-state index in [0.717, 1.165) is 11.3 Å². The van der Waals surface area contributed by atoms with Crippen LogP contribution in [0.5, 0.6) is 0 Å². The lowest BCUT2D eigenvalue weighted by molar-refractivity contribution is -0.138. The third-order valence-electron chi connectivity index (χ3n) is 3.86. The number of nitrogens with one attached hydrogen (secondary N) is 1. The van der Waals surface area contributed by atoms with Gasteiger partial charge in [0, 0.05) is 12.1 Å². The Bertz CT molecular complexity index is 524. The van der Waals surface area contributed by atoms with Crippen molar-refractivity contribution in [1.82, 2.24) is 5.32 Å². The molecule has 4 nitrogen and oxygen atoms in total. The van der Waals surface area contributed by atoms with E-state index in [1.54, 1.807) is 13.8 Å². The molecule has 2 N–H and O–H groups in total. The molecule has 2 rings (SSSR count). The highest BCUT2D eigenvalue weighted by Gasteiger charge is 2.43. The van der Waals surface area contributed by atoms with E-state index < -0.39 is 5.60 Å². The Morgan fingerprint density at radius 3 is 2.70 bits per heavy atom. The molecule has 0 saturated carbocycles. The van der Waals surface area contributed by atoms with Crippen LogP contribution in [0.25, 0.3) is 0 Å². The molecular weight excluding hydrogens is 254 g/mol. The van der Waals surface area contributed by atoms with E-state index in [2.05, 4.69) is 5.32 Å². The van der Waals surface area contributed by atoms with Crippen molar-refractivity contribution in [3.8, 4) is 0 Å². The Morgan fingerprint density at radius 1 is 1.45 bits per heavy atom. The lowest BCUT2D eigenvalue weighted by atomic mass is 9.87. The highest BCUT2D eigenvalue weighted by atomic mass is 16.5. The first-order valence-electron chi connectivity index (χ1n) is 6.90. The Kier molecular flexibility index (Phi) is 4.14. The summed E-state index contributed by atoms with van der Waals surface area (Å²) < 4.78 is 5.01. The number of esters is 1. The Balaban J connectivity index is 2.29. The maximum atomic E-state index is 11.8. The molecule has 0 radical (unpaired) electrons. The summed E-state index contributed by atoms with van der Waals surface area (Å²) in [4.78, 5) is 11.8. The Hall–Kier alpha value is -1.81. The average molecular weight is 275 g/mol. The number of hydrogen-bond acceptors (Lipinski definition) is 4. The average Bonchev–Trinajstić information content (AvgIpc) is 2.76. The van der Waals surface area contributed by atoms with E-state index in [1.165, 1.54) is 0 Å². The maximum Gasteiger partial charge on any atom is 0.335 e. The SMILES string of the molecule is CCOC(=O)/C(C)=C1/CC(O)(c2ccccc2)C(C)N1. The second-order valence-corrected chi connectivity index (χ2v) is 5.16. The van der Waals surface area contributed by atoms with Gasteiger partial charge in [-0.3, -0.25) is 0 Å². The van der Waals surface area contributed by atoms with E-state index in [9.17, 15) is 9.90 Å². The van der Waals surface area contributed by atoms with Gasteiger partial charge in [0.15, 0.2) is 0 Å². The van der Waals surface area contributed by atoms with Crippen LogP contribution < -0.4 is 5.32 Å². The van der Waals surface area contributed by atoms with Crippen molar-refractivity contribution in [3.63, 3.8) is 0 Å². The number of rotatable bonds is 3. The van der Waals surface area contributed by atoms with Gasteiger partial charge in [0.2, 0.25) is 0 Å². The quantitative estimate of drug-likeness (QED) is 0.655. The molecular formula is C16H21NO3. The maximum absolute atomic E-state index is 11.8. The van der Waals surface area contributed by atoms with Crippen molar-refractivity contribution in [2.24, 2.45) is 0 Å². The van der Waals surface area contributed by atoms with Crippen molar-refractivity contribution in [3.05, 3.63) is 47.2 Å². The zero-order valence-corrected chi connectivity index (χ0v) is 12.1. The van der Waals surface area contributed by atoms with Crippen molar-refractivity contribution in [1.29, 1.82) is 0 Å². The van der Waals surface area contributed by atoms with Crippen LogP contribution in [0.2, 0.25) is 0 Å². The second-order valence-electron chi connectivity index (χ2n) is 5.16. The topological polar surface area (TPSA) is 58.6 Å². The monoisotopic (exact) mass is 275 g/mol. The predicted molar refractivity (Wildman–Crippen MR) is 76.9 cm³/mol. The molecule has 1 aliphatic rings. The molecule has 2 unspecified atom stereocenters. The smallest absolute Gasteiger partial charge is 0.335 e. The molecule has 1 heterocycles. The molecule has 20 heavy (non-hydrogen) atoms. The van der Waals surface area contributed by atoms with Crippen LogP contribution >= 0.6 is 0 Å². The van der Waals surface area contributed by atoms with E-state index in [4.69, 9.17) is 4.74 Å². The molecule has 108 valence electrons. The fourth-order valence-electron chi connectivity index (χ4n) is 2.54. The van der Waals surface area contributed by atoms with Crippen LogP contribution in [0.3, 0.4) is 0 Å². The number of ether oxygens (including phenoxy) is 1. The molecule has 2 atom stereocenters. The standard InChI is InChI=1S/C16H21NO3/c1-4-20-15(18)11(2)14-10-16(19,12(3)17-14)13-8-6-5-7-9-13/h5-9,12,17,19H,4,10H2,1-3H3/b14-11-. The van der Waals surface area contributed by atoms with Gasteiger partial charge in [-0.25, -0.2) is 4.79 Å². The number of carbonyl (C=O) groups is 1. The van der Waals surface area contributed by atoms with E-state index in [0.29, 0.717) is 18.6 Å². The molecule has 1 aromatic carbocycles. The minimum atomic E-state index is -0.996. The van der Waals surface area contributed by atoms with Gasteiger partial charge in [-0.05, 0) is 26.3 Å². The summed E-state index contributed by atoms with van der Waals surface area (Å²) in [5, 5.41) is 14.1. The van der Waals surface area contributed by atoms with Gasteiger partial charge in [-0.15, -0.1) is 0 Å². The summed E-state index contributed by atoms with van der Waals surface area (Å²) in [5.74, 6) is -0.334. The van der Waals surface area contributed by atoms with E-state index in [-0.39, 0.29) is 12.0 Å².